The highest BCUT2D eigenvalue weighted by Gasteiger charge is 2.47. The van der Waals surface area contributed by atoms with Crippen LogP contribution in [0.3, 0.4) is 0 Å². The first-order valence-corrected chi connectivity index (χ1v) is 13.1. The van der Waals surface area contributed by atoms with Crippen molar-refractivity contribution in [2.45, 2.75) is 46.1 Å². The summed E-state index contributed by atoms with van der Waals surface area (Å²) in [6, 6.07) is 18.3. The molecular weight excluding hydrogens is 494 g/mol. The molecule has 0 radical (unpaired) electrons. The third-order valence-electron chi connectivity index (χ3n) is 6.90. The highest BCUT2D eigenvalue weighted by molar-refractivity contribution is 6.51. The van der Waals surface area contributed by atoms with E-state index in [0.29, 0.717) is 29.2 Å². The molecule has 0 spiro atoms. The number of aryl methyl sites for hydroxylation is 1. The quantitative estimate of drug-likeness (QED) is 0.163. The standard InChI is InChI=1S/C32H33NO6/c1-6-20-11-13-21(14-12-20)28-27(29(34)22-15-16-26(39-7-2)25(18-22)19(3)4)30(35)31(36)33(28)24-10-8-9-23(17-24)32(37)38-5/h8-19,28,34H,6-7H2,1-5H3/b29-27-. The minimum Gasteiger partial charge on any atom is -0.507 e. The van der Waals surface area contributed by atoms with Gasteiger partial charge < -0.3 is 14.6 Å². The molecule has 0 aromatic heterocycles. The van der Waals surface area contributed by atoms with Crippen LogP contribution in [0, 0.1) is 0 Å². The number of carbonyl (C=O) groups is 3. The molecule has 4 rings (SSSR count). The number of rotatable bonds is 8. The zero-order valence-corrected chi connectivity index (χ0v) is 22.9. The van der Waals surface area contributed by atoms with Crippen LogP contribution in [0.4, 0.5) is 5.69 Å². The van der Waals surface area contributed by atoms with E-state index in [1.807, 2.05) is 52.0 Å². The molecule has 3 aromatic carbocycles. The van der Waals surface area contributed by atoms with Crippen LogP contribution in [0.25, 0.3) is 5.76 Å². The molecule has 0 bridgehead atoms. The Balaban J connectivity index is 1.93. The van der Waals surface area contributed by atoms with E-state index in [9.17, 15) is 19.5 Å². The number of aliphatic hydroxyl groups excluding tert-OH is 1. The van der Waals surface area contributed by atoms with Crippen molar-refractivity contribution >= 4 is 29.1 Å². The Labute approximate surface area is 228 Å². The largest absolute Gasteiger partial charge is 0.507 e. The van der Waals surface area contributed by atoms with Gasteiger partial charge in [0, 0.05) is 11.3 Å². The minimum absolute atomic E-state index is 0.0217. The summed E-state index contributed by atoms with van der Waals surface area (Å²) in [7, 11) is 1.28. The Morgan fingerprint density at radius 1 is 0.974 bits per heavy atom. The van der Waals surface area contributed by atoms with Gasteiger partial charge in [0.2, 0.25) is 0 Å². The molecule has 7 nitrogen and oxygen atoms in total. The summed E-state index contributed by atoms with van der Waals surface area (Å²) < 4.78 is 10.6. The van der Waals surface area contributed by atoms with Gasteiger partial charge in [-0.2, -0.15) is 0 Å². The monoisotopic (exact) mass is 527 g/mol. The molecule has 7 heteroatoms. The van der Waals surface area contributed by atoms with Crippen molar-refractivity contribution < 1.29 is 29.0 Å². The molecule has 1 unspecified atom stereocenters. The van der Waals surface area contributed by atoms with Gasteiger partial charge in [-0.3, -0.25) is 14.5 Å². The van der Waals surface area contributed by atoms with Crippen LogP contribution >= 0.6 is 0 Å². The number of hydrogen-bond acceptors (Lipinski definition) is 6. The van der Waals surface area contributed by atoms with Gasteiger partial charge in [0.05, 0.1) is 30.9 Å². The lowest BCUT2D eigenvalue weighted by molar-refractivity contribution is -0.132. The van der Waals surface area contributed by atoms with E-state index in [2.05, 4.69) is 0 Å². The maximum absolute atomic E-state index is 13.5. The second-order valence-corrected chi connectivity index (χ2v) is 9.65. The fourth-order valence-electron chi connectivity index (χ4n) is 4.84. The molecule has 39 heavy (non-hydrogen) atoms. The lowest BCUT2D eigenvalue weighted by Crippen LogP contribution is -2.29. The number of nitrogens with zero attached hydrogens (tertiary/aromatic N) is 1. The second kappa shape index (κ2) is 11.6. The summed E-state index contributed by atoms with van der Waals surface area (Å²) in [6.45, 7) is 8.47. The van der Waals surface area contributed by atoms with Gasteiger partial charge in [-0.05, 0) is 72.4 Å². The van der Waals surface area contributed by atoms with E-state index in [1.165, 1.54) is 18.1 Å². The molecule has 3 aromatic rings. The van der Waals surface area contributed by atoms with Gasteiger partial charge in [-0.15, -0.1) is 0 Å². The number of hydrogen-bond donors (Lipinski definition) is 1. The van der Waals surface area contributed by atoms with Crippen LogP contribution in [0.5, 0.6) is 5.75 Å². The van der Waals surface area contributed by atoms with E-state index in [0.717, 1.165) is 17.5 Å². The number of benzene rings is 3. The second-order valence-electron chi connectivity index (χ2n) is 9.65. The van der Waals surface area contributed by atoms with Crippen molar-refractivity contribution in [2.75, 3.05) is 18.6 Å². The van der Waals surface area contributed by atoms with Crippen LogP contribution in [0.15, 0.2) is 72.3 Å². The highest BCUT2D eigenvalue weighted by Crippen LogP contribution is 2.43. The minimum atomic E-state index is -0.905. The van der Waals surface area contributed by atoms with Crippen molar-refractivity contribution in [1.29, 1.82) is 0 Å². The Morgan fingerprint density at radius 3 is 2.31 bits per heavy atom. The Morgan fingerprint density at radius 2 is 1.69 bits per heavy atom. The molecule has 1 atom stereocenters. The van der Waals surface area contributed by atoms with E-state index in [1.54, 1.807) is 36.4 Å². The number of aliphatic hydroxyl groups is 1. The Bertz CT molecular complexity index is 1440. The van der Waals surface area contributed by atoms with Gasteiger partial charge in [-0.1, -0.05) is 51.1 Å². The summed E-state index contributed by atoms with van der Waals surface area (Å²) in [5, 5.41) is 11.6. The first-order valence-electron chi connectivity index (χ1n) is 13.1. The van der Waals surface area contributed by atoms with Crippen molar-refractivity contribution in [2.24, 2.45) is 0 Å². The fourth-order valence-corrected chi connectivity index (χ4v) is 4.84. The van der Waals surface area contributed by atoms with Crippen LogP contribution in [0.1, 0.15) is 72.3 Å². The first-order chi connectivity index (χ1) is 18.7. The molecule has 1 saturated heterocycles. The van der Waals surface area contributed by atoms with Crippen LogP contribution in [0.2, 0.25) is 0 Å². The normalized spacial score (nSPS) is 16.6. The molecular formula is C32H33NO6. The van der Waals surface area contributed by atoms with Gasteiger partial charge >= 0.3 is 5.97 Å². The molecule has 1 aliphatic heterocycles. The van der Waals surface area contributed by atoms with Crippen molar-refractivity contribution in [3.8, 4) is 5.75 Å². The number of carbonyl (C=O) groups excluding carboxylic acids is 3. The molecule has 1 heterocycles. The number of amides is 1. The summed E-state index contributed by atoms with van der Waals surface area (Å²) in [4.78, 5) is 40.6. The van der Waals surface area contributed by atoms with E-state index >= 15 is 0 Å². The lowest BCUT2D eigenvalue weighted by Gasteiger charge is -2.26. The summed E-state index contributed by atoms with van der Waals surface area (Å²) in [5.74, 6) is -1.63. The van der Waals surface area contributed by atoms with Crippen molar-refractivity contribution in [1.82, 2.24) is 0 Å². The van der Waals surface area contributed by atoms with E-state index < -0.39 is 23.7 Å². The average molecular weight is 528 g/mol. The van der Waals surface area contributed by atoms with E-state index in [-0.39, 0.29) is 22.8 Å². The maximum Gasteiger partial charge on any atom is 0.337 e. The molecule has 1 aliphatic rings. The number of Topliss-reactive ketones (excluding diaryl/α,β-unsaturated/α-hetero) is 1. The van der Waals surface area contributed by atoms with Gasteiger partial charge in [0.1, 0.15) is 11.5 Å². The number of anilines is 1. The molecule has 0 saturated carbocycles. The smallest absolute Gasteiger partial charge is 0.337 e. The molecule has 1 fully saturated rings. The summed E-state index contributed by atoms with van der Waals surface area (Å²) in [5.41, 5.74) is 3.61. The first kappa shape index (κ1) is 27.6. The third kappa shape index (κ3) is 5.30. The SMILES string of the molecule is CCOc1ccc(/C(O)=C2/C(=O)C(=O)N(c3cccc(C(=O)OC)c3)C2c2ccc(CC)cc2)cc1C(C)C. The number of methoxy groups -OCH3 is 1. The fraction of sp³-hybridized carbons (Fsp3) is 0.281. The van der Waals surface area contributed by atoms with Crippen LogP contribution < -0.4 is 9.64 Å². The molecule has 202 valence electrons. The van der Waals surface area contributed by atoms with Crippen LogP contribution in [-0.4, -0.2) is 36.5 Å². The van der Waals surface area contributed by atoms with Crippen molar-refractivity contribution in [3.63, 3.8) is 0 Å². The molecule has 1 N–H and O–H groups in total. The molecule has 0 aliphatic carbocycles. The lowest BCUT2D eigenvalue weighted by atomic mass is 9.92. The van der Waals surface area contributed by atoms with Gasteiger partial charge in [-0.25, -0.2) is 4.79 Å². The molecule has 1 amide bonds. The highest BCUT2D eigenvalue weighted by atomic mass is 16.5. The van der Waals surface area contributed by atoms with Crippen molar-refractivity contribution in [3.05, 3.63) is 100 Å². The number of ether oxygens (including phenoxy) is 2. The maximum atomic E-state index is 13.5. The van der Waals surface area contributed by atoms with Crippen LogP contribution in [-0.2, 0) is 20.7 Å². The van der Waals surface area contributed by atoms with Gasteiger partial charge in [0.15, 0.2) is 0 Å². The predicted molar refractivity (Wildman–Crippen MR) is 150 cm³/mol. The Hall–Kier alpha value is -4.39. The topological polar surface area (TPSA) is 93.1 Å². The Kier molecular flexibility index (Phi) is 8.19. The number of ketones is 1. The summed E-state index contributed by atoms with van der Waals surface area (Å²) >= 11 is 0. The third-order valence-corrected chi connectivity index (χ3v) is 6.90. The van der Waals surface area contributed by atoms with E-state index in [4.69, 9.17) is 9.47 Å². The zero-order chi connectivity index (χ0) is 28.3. The summed E-state index contributed by atoms with van der Waals surface area (Å²) in [6.07, 6.45) is 0.825. The van der Waals surface area contributed by atoms with Gasteiger partial charge in [0.25, 0.3) is 11.7 Å². The zero-order valence-electron chi connectivity index (χ0n) is 22.9. The number of esters is 1. The predicted octanol–water partition coefficient (Wildman–Crippen LogP) is 6.18. The average Bonchev–Trinajstić information content (AvgIpc) is 3.22.